The van der Waals surface area contributed by atoms with Crippen molar-refractivity contribution >= 4 is 65.0 Å². The van der Waals surface area contributed by atoms with Gasteiger partial charge in [0.05, 0.1) is 68.6 Å². The molecular formula is C104H137F6N13O18S3. The molecule has 9 rings (SSSR count). The minimum atomic E-state index is -3.98. The number of aromatic hydroxyl groups is 1. The molecule has 9 aromatic rings. The van der Waals surface area contributed by atoms with Gasteiger partial charge in [0, 0.05) is 112 Å². The topological polar surface area (TPSA) is 501 Å². The summed E-state index contributed by atoms with van der Waals surface area (Å²) in [5.74, 6) is -12.5. The first-order chi connectivity index (χ1) is 68.3. The lowest BCUT2D eigenvalue weighted by Gasteiger charge is -2.32. The fourth-order valence-corrected chi connectivity index (χ4v) is 23.2. The van der Waals surface area contributed by atoms with Crippen molar-refractivity contribution < 1.29 is 101 Å². The highest BCUT2D eigenvalue weighted by Crippen LogP contribution is 2.27. The Balaban J connectivity index is 0.000000293. The Bertz CT molecular complexity index is 6100. The maximum atomic E-state index is 14.4. The predicted octanol–water partition coefficient (Wildman–Crippen LogP) is 10.8. The Hall–Kier alpha value is -11.9. The third-order valence-corrected chi connectivity index (χ3v) is 31.1. The van der Waals surface area contributed by atoms with E-state index in [0.717, 1.165) is 96.0 Å². The van der Waals surface area contributed by atoms with Crippen molar-refractivity contribution in [3.05, 3.63) is 299 Å². The number of pyridine rings is 2. The van der Waals surface area contributed by atoms with Crippen LogP contribution in [0.1, 0.15) is 221 Å². The van der Waals surface area contributed by atoms with Gasteiger partial charge in [0.1, 0.15) is 58.7 Å². The second-order valence-corrected chi connectivity index (χ2v) is 43.1. The Labute approximate surface area is 838 Å². The van der Waals surface area contributed by atoms with E-state index < -0.39 is 211 Å². The van der Waals surface area contributed by atoms with E-state index in [2.05, 4.69) is 35.9 Å². The number of benzene rings is 6. The van der Waals surface area contributed by atoms with Crippen LogP contribution in [0.5, 0.6) is 5.88 Å². The number of nitrogens with one attached hydrogen (secondary N) is 5. The van der Waals surface area contributed by atoms with Gasteiger partial charge in [-0.1, -0.05) is 174 Å². The number of amides is 6. The minimum Gasteiger partial charge on any atom is -0.494 e. The van der Waals surface area contributed by atoms with Crippen molar-refractivity contribution in [1.82, 2.24) is 50.6 Å². The number of aromatic amines is 2. The Morgan fingerprint density at radius 1 is 0.382 bits per heavy atom. The lowest BCUT2D eigenvalue weighted by atomic mass is 10.0. The van der Waals surface area contributed by atoms with Gasteiger partial charge in [-0.15, -0.1) is 0 Å². The zero-order chi connectivity index (χ0) is 106. The Morgan fingerprint density at radius 3 is 0.965 bits per heavy atom. The molecule has 0 aliphatic heterocycles. The van der Waals surface area contributed by atoms with Crippen LogP contribution in [-0.4, -0.2) is 223 Å². The fraction of sp³-hybridized carbons (Fsp3) is 0.462. The fourth-order valence-electron chi connectivity index (χ4n) is 16.8. The number of aliphatic hydroxyl groups excluding tert-OH is 3. The summed E-state index contributed by atoms with van der Waals surface area (Å²) in [6, 6.07) is 27.2. The van der Waals surface area contributed by atoms with Crippen LogP contribution < -0.4 is 44.3 Å². The highest BCUT2D eigenvalue weighted by molar-refractivity contribution is 7.92. The van der Waals surface area contributed by atoms with Gasteiger partial charge < -0.3 is 73.3 Å². The van der Waals surface area contributed by atoms with E-state index in [-0.39, 0.29) is 85.5 Å². The highest BCUT2D eigenvalue weighted by atomic mass is 32.2. The molecule has 3 heterocycles. The number of carbonyl (C=O) groups excluding carboxylic acids is 6. The van der Waals surface area contributed by atoms with Gasteiger partial charge in [-0.25, -0.2) is 56.6 Å². The van der Waals surface area contributed by atoms with Crippen molar-refractivity contribution in [3.63, 3.8) is 0 Å². The smallest absolute Gasteiger partial charge is 0.272 e. The molecule has 3 unspecified atom stereocenters. The van der Waals surface area contributed by atoms with Crippen molar-refractivity contribution in [2.75, 3.05) is 36.9 Å². The van der Waals surface area contributed by atoms with Gasteiger partial charge in [0.15, 0.2) is 35.4 Å². The number of nitrogens with zero attached hydrogens (tertiary/aromatic N) is 5. The summed E-state index contributed by atoms with van der Waals surface area (Å²) in [6.07, 6.45) is 8.45. The number of aliphatic hydroxyl groups is 3. The molecule has 0 saturated carbocycles. The second-order valence-electron chi connectivity index (χ2n) is 36.1. The zero-order valence-corrected chi connectivity index (χ0v) is 85.2. The molecule has 15 N–H and O–H groups in total. The average molecular weight is 2070 g/mol. The van der Waals surface area contributed by atoms with E-state index in [1.165, 1.54) is 39.4 Å². The second kappa shape index (κ2) is 58.3. The van der Waals surface area contributed by atoms with E-state index in [1.807, 2.05) is 111 Å². The molecule has 0 radical (unpaired) electrons. The van der Waals surface area contributed by atoms with Crippen LogP contribution in [0.15, 0.2) is 186 Å². The lowest BCUT2D eigenvalue weighted by molar-refractivity contribution is -0.135. The van der Waals surface area contributed by atoms with Crippen molar-refractivity contribution in [2.24, 2.45) is 17.2 Å². The summed E-state index contributed by atoms with van der Waals surface area (Å²) in [5.41, 5.74) is 22.8. The van der Waals surface area contributed by atoms with E-state index >= 15 is 0 Å². The maximum Gasteiger partial charge on any atom is 0.272 e. The first kappa shape index (κ1) is 119. The van der Waals surface area contributed by atoms with Crippen LogP contribution >= 0.6 is 0 Å². The molecule has 0 saturated heterocycles. The summed E-state index contributed by atoms with van der Waals surface area (Å²) >= 11 is 0. The van der Waals surface area contributed by atoms with Crippen molar-refractivity contribution in [2.45, 2.75) is 268 Å². The van der Waals surface area contributed by atoms with E-state index in [0.29, 0.717) is 113 Å². The molecule has 0 fully saturated rings. The standard InChI is InChI=1S/C35H46F2N4O7S.C35H46F2N4O6S.C34H45F2N5O5S/c1-4-8-28(9-5-2)49(47,48)21-30(39-34(45)25-16-32(43)40-33(44)17-25)35(46)41(19-23-11-7-10-22(6-3)12-23)20-31(42)29(38)15-24-13-26(36)18-27(37)14-24;1-4-8-29(9-5-2)48(46,47)22-31(40-34(44)26-12-13-33(43)39-19-26)35(45)41(20-24-11-7-10-23(6-3)14-24)21-32(42)30(38)17-25-15-27(36)18-28(37)16-25;1-4-8-28(9-5-2)47(45,46)22-31(40-33(43)30-19-38-12-13-39-30)34(44)41(20-24-11-7-10-23(6-3)14-24)21-32(42)29(37)17-25-15-26(35)18-27(36)16-25/h7,10-14,16-18,28-31,42H,4-6,8-9,15,19-21,38H2,1-3H3,(H,39,45)(H2,40,43,44);7,10-16,18-19,29-32,42H,4-6,8-9,17,20-22,38H2,1-3H3,(H,39,43)(H,40,44);7,10-16,18-19,28-29,31-32,42H,4-6,8-9,17,20-22,37H2,1-3H3,(H,40,43)/t29-,30?,31+;30-,31?,32+;29-,31?,32+/m000/s1. The monoisotopic (exact) mass is 2070 g/mol. The normalized spacial score (nSPS) is 13.6. The summed E-state index contributed by atoms with van der Waals surface area (Å²) in [7, 11) is -11.8. The third-order valence-electron chi connectivity index (χ3n) is 24.3. The van der Waals surface area contributed by atoms with Gasteiger partial charge >= 0.3 is 0 Å². The van der Waals surface area contributed by atoms with Crippen LogP contribution in [0, 0.1) is 34.9 Å². The molecule has 786 valence electrons. The molecule has 40 heteroatoms. The molecule has 6 aromatic carbocycles. The van der Waals surface area contributed by atoms with Gasteiger partial charge in [-0.05, 0) is 170 Å². The van der Waals surface area contributed by atoms with Gasteiger partial charge in [0.25, 0.3) is 23.3 Å². The summed E-state index contributed by atoms with van der Waals surface area (Å²) in [4.78, 5) is 123. The number of hydrogen-bond acceptors (Lipinski definition) is 23. The van der Waals surface area contributed by atoms with Gasteiger partial charge in [0.2, 0.25) is 23.3 Å². The van der Waals surface area contributed by atoms with E-state index in [4.69, 9.17) is 17.2 Å². The quantitative estimate of drug-likeness (QED) is 0.0158. The lowest BCUT2D eigenvalue weighted by Crippen LogP contribution is -2.55. The van der Waals surface area contributed by atoms with Crippen molar-refractivity contribution in [3.8, 4) is 5.88 Å². The number of hydrogen-bond donors (Lipinski definition) is 12. The molecule has 31 nitrogen and oxygen atoms in total. The first-order valence-corrected chi connectivity index (χ1v) is 53.6. The van der Waals surface area contributed by atoms with E-state index in [9.17, 15) is 110 Å². The van der Waals surface area contributed by atoms with Crippen molar-refractivity contribution in [1.29, 1.82) is 0 Å². The predicted molar refractivity (Wildman–Crippen MR) is 540 cm³/mol. The molecule has 0 aliphatic rings. The Morgan fingerprint density at radius 2 is 0.688 bits per heavy atom. The summed E-state index contributed by atoms with van der Waals surface area (Å²) in [6.45, 7) is 15.8. The summed E-state index contributed by atoms with van der Waals surface area (Å²) < 4.78 is 165. The number of halogens is 6. The van der Waals surface area contributed by atoms with Gasteiger partial charge in [-0.3, -0.25) is 48.3 Å². The van der Waals surface area contributed by atoms with E-state index in [1.54, 1.807) is 24.3 Å². The largest absolute Gasteiger partial charge is 0.494 e. The molecular weight excluding hydrogens is 1930 g/mol. The van der Waals surface area contributed by atoms with Crippen LogP contribution in [-0.2, 0) is 102 Å². The number of rotatable bonds is 54. The zero-order valence-electron chi connectivity index (χ0n) is 82.7. The first-order valence-electron chi connectivity index (χ1n) is 48.5. The third kappa shape index (κ3) is 38.6. The number of aromatic nitrogens is 4. The highest BCUT2D eigenvalue weighted by Gasteiger charge is 2.41. The number of carbonyl (C=O) groups is 6. The number of H-pyrrole nitrogens is 2. The number of aryl methyl sites for hydroxylation is 3. The molecule has 3 aromatic heterocycles. The minimum absolute atomic E-state index is 0.00930. The Kier molecular flexibility index (Phi) is 48.2. The van der Waals surface area contributed by atoms with Crippen LogP contribution in [0.25, 0.3) is 0 Å². The molecule has 6 amide bonds. The summed E-state index contributed by atoms with van der Waals surface area (Å²) in [5, 5.41) is 48.8. The van der Waals surface area contributed by atoms with Gasteiger partial charge in [-0.2, -0.15) is 0 Å². The average Bonchev–Trinajstić information content (AvgIpc) is 0.818. The van der Waals surface area contributed by atoms with Crippen LogP contribution in [0.4, 0.5) is 26.3 Å². The SMILES string of the molecule is CCCC(CCC)S(=O)(=O)CC(NC(=O)c1cc(O)[nH]c(=O)c1)C(=O)N(Cc1cccc(CC)c1)C[C@@H](O)[C@@H](N)Cc1cc(F)cc(F)c1.CCCC(CCC)S(=O)(=O)CC(NC(=O)c1ccc(=O)[nH]c1)C(=O)N(Cc1cccc(CC)c1)C[C@@H](O)[C@@H](N)Cc1cc(F)cc(F)c1.CCCC(CCC)S(=O)(=O)CC(NC(=O)c1cnccn1)C(=O)N(Cc1cccc(CC)c1)C[C@@H](O)[C@@H](N)Cc1cc(F)cc(F)c1. The maximum absolute atomic E-state index is 14.4. The molecule has 0 aliphatic carbocycles. The molecule has 9 atom stereocenters. The number of nitrogens with two attached hydrogens (primary N) is 3. The number of sulfone groups is 3. The van der Waals surface area contributed by atoms with Crippen LogP contribution in [0.3, 0.4) is 0 Å². The van der Waals surface area contributed by atoms with Crippen LogP contribution in [0.2, 0.25) is 0 Å². The molecule has 0 spiro atoms. The molecule has 144 heavy (non-hydrogen) atoms. The molecule has 0 bridgehead atoms.